The van der Waals surface area contributed by atoms with Crippen molar-refractivity contribution in [3.63, 3.8) is 0 Å². The topological polar surface area (TPSA) is 81.3 Å². The number of rotatable bonds is 5. The van der Waals surface area contributed by atoms with E-state index < -0.39 is 12.2 Å². The summed E-state index contributed by atoms with van der Waals surface area (Å²) in [5.41, 5.74) is 1.57. The van der Waals surface area contributed by atoms with Gasteiger partial charge in [0.2, 0.25) is 0 Å². The average molecular weight is 281 g/mol. The van der Waals surface area contributed by atoms with Crippen molar-refractivity contribution in [2.75, 3.05) is 0 Å². The van der Waals surface area contributed by atoms with Crippen LogP contribution >= 0.6 is 0 Å². The summed E-state index contributed by atoms with van der Waals surface area (Å²) >= 11 is 0. The lowest BCUT2D eigenvalue weighted by molar-refractivity contribution is 0.0216. The number of nitrogens with zero attached hydrogens (tertiary/aromatic N) is 1. The Morgan fingerprint density at radius 2 is 1.57 bits per heavy atom. The van der Waals surface area contributed by atoms with Gasteiger partial charge in [0.05, 0.1) is 18.6 Å². The second-order valence-corrected chi connectivity index (χ2v) is 4.69. The van der Waals surface area contributed by atoms with E-state index in [1.165, 1.54) is 0 Å². The maximum Gasteiger partial charge on any atom is 0.193 e. The van der Waals surface area contributed by atoms with Gasteiger partial charge in [0.15, 0.2) is 5.78 Å². The number of carbonyl (C=O) groups is 1. The smallest absolute Gasteiger partial charge is 0.193 e. The zero-order valence-electron chi connectivity index (χ0n) is 11.3. The monoisotopic (exact) mass is 281 g/mol. The average Bonchev–Trinajstić information content (AvgIpc) is 2.54. The number of aliphatic hydroxyl groups excluding tert-OH is 2. The van der Waals surface area contributed by atoms with Crippen molar-refractivity contribution >= 4 is 5.78 Å². The molecule has 4 heteroatoms. The van der Waals surface area contributed by atoms with Crippen molar-refractivity contribution in [3.05, 3.63) is 71.3 Å². The maximum atomic E-state index is 12.2. The van der Waals surface area contributed by atoms with Crippen LogP contribution in [0, 0.1) is 11.3 Å². The van der Waals surface area contributed by atoms with Gasteiger partial charge >= 0.3 is 0 Å². The van der Waals surface area contributed by atoms with Crippen molar-refractivity contribution in [2.24, 2.45) is 0 Å². The highest BCUT2D eigenvalue weighted by Crippen LogP contribution is 2.20. The summed E-state index contributed by atoms with van der Waals surface area (Å²) in [6.45, 7) is 0. The summed E-state index contributed by atoms with van der Waals surface area (Å²) in [4.78, 5) is 12.2. The third-order valence-electron chi connectivity index (χ3n) is 3.22. The summed E-state index contributed by atoms with van der Waals surface area (Å²) in [5, 5.41) is 28.0. The number of aliphatic hydroxyl groups is 2. The van der Waals surface area contributed by atoms with Gasteiger partial charge in [0, 0.05) is 11.1 Å². The van der Waals surface area contributed by atoms with Crippen LogP contribution in [0.2, 0.25) is 0 Å². The van der Waals surface area contributed by atoms with Crippen LogP contribution in [0.4, 0.5) is 0 Å². The van der Waals surface area contributed by atoms with E-state index in [4.69, 9.17) is 5.26 Å². The number of benzene rings is 2. The fourth-order valence-electron chi connectivity index (χ4n) is 2.02. The normalized spacial score (nSPS) is 13.2. The van der Waals surface area contributed by atoms with E-state index in [0.29, 0.717) is 16.7 Å². The second kappa shape index (κ2) is 6.80. The summed E-state index contributed by atoms with van der Waals surface area (Å²) in [5.74, 6) is -0.103. The first-order valence-corrected chi connectivity index (χ1v) is 6.56. The lowest BCUT2D eigenvalue weighted by Gasteiger charge is -2.15. The molecule has 2 rings (SSSR count). The number of hydrogen-bond donors (Lipinski definition) is 2. The van der Waals surface area contributed by atoms with E-state index in [9.17, 15) is 15.0 Å². The van der Waals surface area contributed by atoms with Crippen molar-refractivity contribution in [2.45, 2.75) is 18.6 Å². The summed E-state index contributed by atoms with van der Waals surface area (Å²) in [6, 6.07) is 17.1. The molecule has 2 unspecified atom stereocenters. The van der Waals surface area contributed by atoms with E-state index in [2.05, 4.69) is 0 Å². The Balaban J connectivity index is 2.16. The molecule has 21 heavy (non-hydrogen) atoms. The zero-order valence-corrected chi connectivity index (χ0v) is 11.3. The number of nitriles is 1. The Morgan fingerprint density at radius 3 is 2.14 bits per heavy atom. The molecule has 0 fully saturated rings. The molecule has 0 aliphatic carbocycles. The fourth-order valence-corrected chi connectivity index (χ4v) is 2.02. The summed E-state index contributed by atoms with van der Waals surface area (Å²) in [6.07, 6.45) is -2.41. The first-order valence-electron chi connectivity index (χ1n) is 6.56. The van der Waals surface area contributed by atoms with Gasteiger partial charge in [-0.3, -0.25) is 4.79 Å². The molecule has 2 aromatic carbocycles. The van der Waals surface area contributed by atoms with E-state index in [1.807, 2.05) is 6.07 Å². The van der Waals surface area contributed by atoms with Gasteiger partial charge in [0.25, 0.3) is 0 Å². The highest BCUT2D eigenvalue weighted by Gasteiger charge is 2.18. The minimum absolute atomic E-state index is 0.103. The Bertz CT molecular complexity index is 644. The van der Waals surface area contributed by atoms with Gasteiger partial charge in [-0.2, -0.15) is 5.26 Å². The van der Waals surface area contributed by atoms with Gasteiger partial charge in [-0.25, -0.2) is 0 Å². The third kappa shape index (κ3) is 3.54. The molecule has 4 nitrogen and oxygen atoms in total. The van der Waals surface area contributed by atoms with Crippen LogP contribution in [0.15, 0.2) is 54.6 Å². The number of ketones is 1. The van der Waals surface area contributed by atoms with Crippen LogP contribution in [-0.2, 0) is 0 Å². The first-order chi connectivity index (χ1) is 10.1. The minimum Gasteiger partial charge on any atom is -0.389 e. The summed E-state index contributed by atoms with van der Waals surface area (Å²) < 4.78 is 0. The van der Waals surface area contributed by atoms with Crippen molar-refractivity contribution in [1.82, 2.24) is 0 Å². The number of carbonyl (C=O) groups excluding carboxylic acids is 1. The van der Waals surface area contributed by atoms with Crippen molar-refractivity contribution in [3.8, 4) is 6.07 Å². The van der Waals surface area contributed by atoms with Crippen molar-refractivity contribution in [1.29, 1.82) is 5.26 Å². The van der Waals surface area contributed by atoms with Crippen LogP contribution in [-0.4, -0.2) is 22.1 Å². The third-order valence-corrected chi connectivity index (χ3v) is 3.22. The van der Waals surface area contributed by atoms with E-state index >= 15 is 0 Å². The molecule has 106 valence electrons. The molecule has 0 saturated heterocycles. The Kier molecular flexibility index (Phi) is 4.83. The molecule has 2 atom stereocenters. The lowest BCUT2D eigenvalue weighted by Crippen LogP contribution is -2.17. The van der Waals surface area contributed by atoms with Crippen LogP contribution in [0.3, 0.4) is 0 Å². The molecule has 0 amide bonds. The van der Waals surface area contributed by atoms with Crippen LogP contribution in [0.5, 0.6) is 0 Å². The highest BCUT2D eigenvalue weighted by atomic mass is 16.3. The van der Waals surface area contributed by atoms with E-state index in [1.54, 1.807) is 54.6 Å². The zero-order chi connectivity index (χ0) is 15.2. The maximum absolute atomic E-state index is 12.2. The van der Waals surface area contributed by atoms with Gasteiger partial charge < -0.3 is 10.2 Å². The summed E-state index contributed by atoms with van der Waals surface area (Å²) in [7, 11) is 0. The SMILES string of the molecule is N#CCC(O)C(O)c1ccc(C(=O)c2ccccc2)cc1. The van der Waals surface area contributed by atoms with Gasteiger partial charge in [-0.15, -0.1) is 0 Å². The largest absolute Gasteiger partial charge is 0.389 e. The Morgan fingerprint density at radius 1 is 1.00 bits per heavy atom. The molecule has 0 radical (unpaired) electrons. The quantitative estimate of drug-likeness (QED) is 0.823. The van der Waals surface area contributed by atoms with E-state index in [0.717, 1.165) is 0 Å². The predicted octanol–water partition coefficient (Wildman–Crippen LogP) is 2.23. The van der Waals surface area contributed by atoms with Crippen molar-refractivity contribution < 1.29 is 15.0 Å². The Labute approximate surface area is 122 Å². The molecule has 2 aromatic rings. The second-order valence-electron chi connectivity index (χ2n) is 4.69. The molecule has 0 bridgehead atoms. The van der Waals surface area contributed by atoms with E-state index in [-0.39, 0.29) is 12.2 Å². The predicted molar refractivity (Wildman–Crippen MR) is 77.5 cm³/mol. The Hall–Kier alpha value is -2.48. The first kappa shape index (κ1) is 14.9. The molecule has 0 aliphatic rings. The van der Waals surface area contributed by atoms with Crippen LogP contribution in [0.1, 0.15) is 34.0 Å². The standard InChI is InChI=1S/C17H15NO3/c18-11-10-15(19)17(21)14-8-6-13(7-9-14)16(20)12-4-2-1-3-5-12/h1-9,15,17,19,21H,10H2. The molecule has 2 N–H and O–H groups in total. The molecule has 0 saturated carbocycles. The molecule has 0 aliphatic heterocycles. The van der Waals surface area contributed by atoms with Gasteiger partial charge in [-0.05, 0) is 5.56 Å². The number of hydrogen-bond acceptors (Lipinski definition) is 4. The molecule has 0 heterocycles. The van der Waals surface area contributed by atoms with Crippen LogP contribution in [0.25, 0.3) is 0 Å². The molecular formula is C17H15NO3. The lowest BCUT2D eigenvalue weighted by atomic mass is 9.98. The minimum atomic E-state index is -1.13. The molecule has 0 aromatic heterocycles. The van der Waals surface area contributed by atoms with Gasteiger partial charge in [0.1, 0.15) is 6.10 Å². The fraction of sp³-hybridized carbons (Fsp3) is 0.176. The van der Waals surface area contributed by atoms with Crippen LogP contribution < -0.4 is 0 Å². The van der Waals surface area contributed by atoms with Gasteiger partial charge in [-0.1, -0.05) is 54.6 Å². The molecular weight excluding hydrogens is 266 g/mol. The highest BCUT2D eigenvalue weighted by molar-refractivity contribution is 6.08. The molecule has 0 spiro atoms.